The molecule has 46 heavy (non-hydrogen) atoms. The molecule has 14 heteroatoms. The van der Waals surface area contributed by atoms with Crippen LogP contribution in [0.3, 0.4) is 0 Å². The van der Waals surface area contributed by atoms with Crippen molar-refractivity contribution in [3.8, 4) is 0 Å². The van der Waals surface area contributed by atoms with E-state index >= 15 is 0 Å². The number of nitrogens with zero attached hydrogens (tertiary/aromatic N) is 1. The normalized spacial score (nSPS) is 14.7. The Morgan fingerprint density at radius 3 is 1.52 bits per heavy atom. The number of carbonyl (C=O) groups excluding carboxylic acids is 3. The molecule has 12 nitrogen and oxygen atoms in total. The third kappa shape index (κ3) is 20.5. The Labute approximate surface area is 283 Å². The third-order valence-corrected chi connectivity index (χ3v) is 8.49. The molecule has 0 N–H and O–H groups in total. The molecule has 0 aromatic carbocycles. The fraction of sp³-hybridized carbons (Fsp3) is 0.844. The molecule has 0 amide bonds. The Morgan fingerprint density at radius 1 is 0.739 bits per heavy atom. The number of rotatable bonds is 20. The zero-order chi connectivity index (χ0) is 35.9. The lowest BCUT2D eigenvalue weighted by Crippen LogP contribution is -2.40. The summed E-state index contributed by atoms with van der Waals surface area (Å²) in [5.74, 6) is -1.000. The average molecular weight is 704 g/mol. The Hall–Kier alpha value is -1.69. The molecule has 274 valence electrons. The quantitative estimate of drug-likeness (QED) is 0.0284. The van der Waals surface area contributed by atoms with Crippen LogP contribution in [0.5, 0.6) is 0 Å². The molecule has 0 bridgehead atoms. The first-order valence-corrected chi connectivity index (χ1v) is 16.9. The van der Waals surface area contributed by atoms with Crippen molar-refractivity contribution in [2.75, 3.05) is 67.8 Å². The minimum absolute atomic E-state index is 0. The van der Waals surface area contributed by atoms with Crippen molar-refractivity contribution in [2.45, 2.75) is 93.9 Å². The number of esters is 3. The summed E-state index contributed by atoms with van der Waals surface area (Å²) < 4.78 is 42.1. The number of carbonyl (C=O) groups is 3. The molecule has 0 aliphatic carbocycles. The average Bonchev–Trinajstić information content (AvgIpc) is 2.91. The van der Waals surface area contributed by atoms with Gasteiger partial charge in [-0.25, -0.2) is 0 Å². The third-order valence-electron chi connectivity index (χ3n) is 7.20. The van der Waals surface area contributed by atoms with Crippen LogP contribution in [0.1, 0.15) is 89.0 Å². The highest BCUT2D eigenvalue weighted by molar-refractivity contribution is 7.45. The van der Waals surface area contributed by atoms with Crippen LogP contribution in [0.15, 0.2) is 12.3 Å². The zero-order valence-electron chi connectivity index (χ0n) is 29.8. The van der Waals surface area contributed by atoms with Crippen LogP contribution in [0.2, 0.25) is 0 Å². The number of phosphoric ester groups is 1. The summed E-state index contributed by atoms with van der Waals surface area (Å²) in [4.78, 5) is 47.1. The van der Waals surface area contributed by atoms with Crippen molar-refractivity contribution in [2.24, 2.45) is 16.2 Å². The lowest BCUT2D eigenvalue weighted by molar-refractivity contribution is -0.870. The molecular weight excluding hydrogens is 641 g/mol. The summed E-state index contributed by atoms with van der Waals surface area (Å²) in [5.41, 5.74) is -1.66. The summed E-state index contributed by atoms with van der Waals surface area (Å²) in [6.07, 6.45) is 1.55. The second-order valence-corrected chi connectivity index (χ2v) is 16.1. The fourth-order valence-corrected chi connectivity index (χ4v) is 4.22. The number of hydrogen-bond donors (Lipinski definition) is 0. The summed E-state index contributed by atoms with van der Waals surface area (Å²) in [6, 6.07) is 0. The zero-order valence-corrected chi connectivity index (χ0v) is 31.5. The second kappa shape index (κ2) is 20.6. The van der Waals surface area contributed by atoms with Crippen molar-refractivity contribution < 1.29 is 56.3 Å². The van der Waals surface area contributed by atoms with Crippen molar-refractivity contribution >= 4 is 37.3 Å². The molecule has 2 unspecified atom stereocenters. The number of ether oxygens (including phenoxy) is 4. The van der Waals surface area contributed by atoms with Gasteiger partial charge in [0.15, 0.2) is 0 Å². The minimum Gasteiger partial charge on any atom is -0.756 e. The van der Waals surface area contributed by atoms with Crippen LogP contribution < -0.4 is 4.89 Å². The number of allylic oxidation sites excluding steroid dienone is 1. The van der Waals surface area contributed by atoms with Gasteiger partial charge in [-0.1, -0.05) is 41.7 Å². The van der Waals surface area contributed by atoms with Gasteiger partial charge in [0.2, 0.25) is 0 Å². The van der Waals surface area contributed by atoms with Crippen LogP contribution in [-0.2, 0) is 46.9 Å². The Morgan fingerprint density at radius 2 is 1.13 bits per heavy atom. The number of hydrogen-bond acceptors (Lipinski definition) is 11. The highest BCUT2D eigenvalue weighted by atomic mass is 35.5. The standard InChI is InChI=1S/C23H43ClNO10P.C8H16O.CH4/c1-10-21(2,3)18(26)31-13-14-32-19(27)22(4,5)17-23(6,24)20(28)33-15-16-35-36(29,30)34-12-11-25(7,8)9;1-6-8(3,4)7(2)9-5;/h10-17H2,1-9H3;2,6H2,1,3-5H3;1H4. The monoisotopic (exact) mass is 703 g/mol. The maximum atomic E-state index is 12.5. The van der Waals surface area contributed by atoms with Crippen molar-refractivity contribution in [1.29, 1.82) is 0 Å². The number of alkyl halides is 1. The number of phosphoric acid groups is 1. The van der Waals surface area contributed by atoms with E-state index in [-0.39, 0.29) is 51.7 Å². The van der Waals surface area contributed by atoms with E-state index < -0.39 is 42.1 Å². The summed E-state index contributed by atoms with van der Waals surface area (Å²) in [6.45, 7) is 19.4. The van der Waals surface area contributed by atoms with E-state index in [0.717, 1.165) is 12.2 Å². The van der Waals surface area contributed by atoms with Crippen LogP contribution in [0.4, 0.5) is 0 Å². The smallest absolute Gasteiger partial charge is 0.327 e. The molecular formula is C32H63ClNO11P. The van der Waals surface area contributed by atoms with E-state index in [1.165, 1.54) is 6.92 Å². The van der Waals surface area contributed by atoms with Crippen molar-refractivity contribution in [3.63, 3.8) is 0 Å². The molecule has 0 aromatic rings. The van der Waals surface area contributed by atoms with Gasteiger partial charge in [-0.05, 0) is 53.9 Å². The first kappa shape index (κ1) is 48.7. The van der Waals surface area contributed by atoms with E-state index in [1.807, 2.05) is 28.1 Å². The molecule has 0 saturated carbocycles. The number of methoxy groups -OCH3 is 1. The second-order valence-electron chi connectivity index (χ2n) is 13.9. The molecule has 0 radical (unpaired) electrons. The van der Waals surface area contributed by atoms with Crippen molar-refractivity contribution in [3.05, 3.63) is 12.3 Å². The summed E-state index contributed by atoms with van der Waals surface area (Å²) >= 11 is 6.33. The molecule has 0 heterocycles. The van der Waals surface area contributed by atoms with Gasteiger partial charge in [0.1, 0.15) is 37.8 Å². The van der Waals surface area contributed by atoms with Gasteiger partial charge in [-0.3, -0.25) is 18.9 Å². The maximum absolute atomic E-state index is 12.5. The van der Waals surface area contributed by atoms with Crippen LogP contribution >= 0.6 is 19.4 Å². The highest BCUT2D eigenvalue weighted by Crippen LogP contribution is 2.38. The molecule has 0 spiro atoms. The Balaban J connectivity index is -0.00000160. The predicted octanol–water partition coefficient (Wildman–Crippen LogP) is 5.89. The van der Waals surface area contributed by atoms with E-state index in [0.29, 0.717) is 17.4 Å². The molecule has 0 rings (SSSR count). The van der Waals surface area contributed by atoms with E-state index in [1.54, 1.807) is 34.8 Å². The van der Waals surface area contributed by atoms with E-state index in [9.17, 15) is 23.8 Å². The summed E-state index contributed by atoms with van der Waals surface area (Å²) in [7, 11) is 2.79. The van der Waals surface area contributed by atoms with Gasteiger partial charge in [0.05, 0.1) is 51.4 Å². The van der Waals surface area contributed by atoms with Crippen LogP contribution in [0, 0.1) is 16.2 Å². The first-order chi connectivity index (χ1) is 20.2. The van der Waals surface area contributed by atoms with Gasteiger partial charge >= 0.3 is 17.9 Å². The Kier molecular flexibility index (Phi) is 21.8. The molecule has 0 aliphatic heterocycles. The van der Waals surface area contributed by atoms with Crippen LogP contribution in [-0.4, -0.2) is 95.1 Å². The SMILES string of the molecule is C.C=C(OC)C(C)(C)CC.CCC(C)(C)C(=O)OCCOC(=O)C(C)(C)CC(C)(Cl)C(=O)OCCOP(=O)([O-])OCC[N+](C)(C)C. The predicted molar refractivity (Wildman–Crippen MR) is 179 cm³/mol. The van der Waals surface area contributed by atoms with E-state index in [4.69, 9.17) is 35.1 Å². The first-order valence-electron chi connectivity index (χ1n) is 15.0. The van der Waals surface area contributed by atoms with Gasteiger partial charge in [0, 0.05) is 5.41 Å². The van der Waals surface area contributed by atoms with Crippen LogP contribution in [0.25, 0.3) is 0 Å². The minimum atomic E-state index is -4.53. The maximum Gasteiger partial charge on any atom is 0.327 e. The lowest BCUT2D eigenvalue weighted by atomic mass is 9.83. The largest absolute Gasteiger partial charge is 0.756 e. The fourth-order valence-electron chi connectivity index (χ4n) is 3.15. The number of halogens is 1. The Bertz CT molecular complexity index is 1000. The van der Waals surface area contributed by atoms with Gasteiger partial charge in [-0.2, -0.15) is 0 Å². The molecule has 0 aliphatic rings. The summed E-state index contributed by atoms with van der Waals surface area (Å²) in [5, 5.41) is 0. The molecule has 0 fully saturated rings. The molecule has 0 saturated heterocycles. The topological polar surface area (TPSA) is 147 Å². The molecule has 0 aromatic heterocycles. The van der Waals surface area contributed by atoms with Gasteiger partial charge in [-0.15, -0.1) is 11.6 Å². The highest BCUT2D eigenvalue weighted by Gasteiger charge is 2.43. The van der Waals surface area contributed by atoms with E-state index in [2.05, 4.69) is 31.9 Å². The molecule has 2 atom stereocenters. The van der Waals surface area contributed by atoms with Crippen molar-refractivity contribution in [1.82, 2.24) is 0 Å². The van der Waals surface area contributed by atoms with Gasteiger partial charge < -0.3 is 37.4 Å². The lowest BCUT2D eigenvalue weighted by Gasteiger charge is -2.30. The number of likely N-dealkylation sites (N-methyl/N-ethyl adjacent to an activating group) is 1. The number of quaternary nitrogens is 1. The van der Waals surface area contributed by atoms with Gasteiger partial charge in [0.25, 0.3) is 7.82 Å².